The molecule has 0 spiro atoms. The largest absolute Gasteiger partial charge is 0.361 e. The zero-order valence-corrected chi connectivity index (χ0v) is 12.3. The molecular formula is C16H15N3OS. The summed E-state index contributed by atoms with van der Waals surface area (Å²) in [6.45, 7) is 0. The summed E-state index contributed by atoms with van der Waals surface area (Å²) < 4.78 is 0. The van der Waals surface area contributed by atoms with Crippen LogP contribution in [0.15, 0.2) is 30.5 Å². The van der Waals surface area contributed by atoms with Crippen LogP contribution in [-0.4, -0.2) is 15.9 Å². The molecule has 3 aromatic rings. The SMILES string of the molecule is O=C(Nc1nc2c(s1)CCCC2)c1ccc2[nH]ccc2c1. The first-order valence-electron chi connectivity index (χ1n) is 7.17. The number of amides is 1. The lowest BCUT2D eigenvalue weighted by atomic mass is 10.0. The van der Waals surface area contributed by atoms with Crippen LogP contribution < -0.4 is 5.32 Å². The number of carbonyl (C=O) groups excluding carboxylic acids is 1. The summed E-state index contributed by atoms with van der Waals surface area (Å²) in [5, 5.41) is 4.70. The fraction of sp³-hybridized carbons (Fsp3) is 0.250. The molecule has 21 heavy (non-hydrogen) atoms. The van der Waals surface area contributed by atoms with Gasteiger partial charge in [-0.1, -0.05) is 0 Å². The van der Waals surface area contributed by atoms with E-state index < -0.39 is 0 Å². The smallest absolute Gasteiger partial charge is 0.257 e. The predicted molar refractivity (Wildman–Crippen MR) is 85.0 cm³/mol. The van der Waals surface area contributed by atoms with E-state index in [1.807, 2.05) is 30.5 Å². The highest BCUT2D eigenvalue weighted by atomic mass is 32.1. The third-order valence-corrected chi connectivity index (χ3v) is 4.95. The van der Waals surface area contributed by atoms with Crippen molar-refractivity contribution in [2.75, 3.05) is 5.32 Å². The van der Waals surface area contributed by atoms with E-state index in [4.69, 9.17) is 0 Å². The van der Waals surface area contributed by atoms with Crippen LogP contribution >= 0.6 is 11.3 Å². The summed E-state index contributed by atoms with van der Waals surface area (Å²) >= 11 is 1.61. The van der Waals surface area contributed by atoms with Crippen molar-refractivity contribution in [2.45, 2.75) is 25.7 Å². The van der Waals surface area contributed by atoms with Gasteiger partial charge in [0.1, 0.15) is 0 Å². The Kier molecular flexibility index (Phi) is 3.00. The van der Waals surface area contributed by atoms with Crippen LogP contribution in [0.1, 0.15) is 33.8 Å². The van der Waals surface area contributed by atoms with Gasteiger partial charge in [-0.15, -0.1) is 11.3 Å². The Balaban J connectivity index is 1.58. The summed E-state index contributed by atoms with van der Waals surface area (Å²) in [5.41, 5.74) is 2.87. The van der Waals surface area contributed by atoms with E-state index in [0.29, 0.717) is 5.56 Å². The summed E-state index contributed by atoms with van der Waals surface area (Å²) in [7, 11) is 0. The van der Waals surface area contributed by atoms with Crippen molar-refractivity contribution < 1.29 is 4.79 Å². The molecule has 4 nitrogen and oxygen atoms in total. The molecule has 0 aliphatic heterocycles. The van der Waals surface area contributed by atoms with Gasteiger partial charge in [0.25, 0.3) is 5.91 Å². The number of nitrogens with one attached hydrogen (secondary N) is 2. The number of aryl methyl sites for hydroxylation is 2. The van der Waals surface area contributed by atoms with Crippen molar-refractivity contribution in [1.82, 2.24) is 9.97 Å². The Morgan fingerprint density at radius 1 is 1.24 bits per heavy atom. The molecule has 2 N–H and O–H groups in total. The number of anilines is 1. The third-order valence-electron chi connectivity index (χ3n) is 3.88. The van der Waals surface area contributed by atoms with Gasteiger partial charge in [-0.25, -0.2) is 4.98 Å². The van der Waals surface area contributed by atoms with Crippen LogP contribution in [0.2, 0.25) is 0 Å². The van der Waals surface area contributed by atoms with Gasteiger partial charge in [0.05, 0.1) is 5.69 Å². The topological polar surface area (TPSA) is 57.8 Å². The highest BCUT2D eigenvalue weighted by Crippen LogP contribution is 2.29. The van der Waals surface area contributed by atoms with Crippen LogP contribution in [0.4, 0.5) is 5.13 Å². The first kappa shape index (κ1) is 12.6. The zero-order chi connectivity index (χ0) is 14.2. The lowest BCUT2D eigenvalue weighted by Gasteiger charge is -2.06. The van der Waals surface area contributed by atoms with Crippen LogP contribution in [0.5, 0.6) is 0 Å². The van der Waals surface area contributed by atoms with Crippen molar-refractivity contribution in [1.29, 1.82) is 0 Å². The second kappa shape index (κ2) is 5.00. The Labute approximate surface area is 126 Å². The maximum absolute atomic E-state index is 12.3. The van der Waals surface area contributed by atoms with Gasteiger partial charge >= 0.3 is 0 Å². The molecule has 0 saturated carbocycles. The van der Waals surface area contributed by atoms with Gasteiger partial charge in [0.2, 0.25) is 0 Å². The number of thiazole rings is 1. The van der Waals surface area contributed by atoms with Crippen LogP contribution in [-0.2, 0) is 12.8 Å². The number of aromatic nitrogens is 2. The molecule has 1 amide bonds. The fourth-order valence-corrected chi connectivity index (χ4v) is 3.81. The molecule has 1 aliphatic rings. The van der Waals surface area contributed by atoms with Crippen molar-refractivity contribution in [3.8, 4) is 0 Å². The number of hydrogen-bond acceptors (Lipinski definition) is 3. The normalized spacial score (nSPS) is 14.1. The zero-order valence-electron chi connectivity index (χ0n) is 11.5. The minimum Gasteiger partial charge on any atom is -0.361 e. The summed E-state index contributed by atoms with van der Waals surface area (Å²) in [6.07, 6.45) is 6.44. The maximum Gasteiger partial charge on any atom is 0.257 e. The summed E-state index contributed by atoms with van der Waals surface area (Å²) in [5.74, 6) is -0.0933. The van der Waals surface area contributed by atoms with Gasteiger partial charge < -0.3 is 4.98 Å². The second-order valence-corrected chi connectivity index (χ2v) is 6.41. The van der Waals surface area contributed by atoms with Crippen LogP contribution in [0.25, 0.3) is 10.9 Å². The summed E-state index contributed by atoms with van der Waals surface area (Å²) in [4.78, 5) is 21.3. The van der Waals surface area contributed by atoms with Crippen molar-refractivity contribution >= 4 is 33.3 Å². The summed E-state index contributed by atoms with van der Waals surface area (Å²) in [6, 6.07) is 7.63. The molecule has 106 valence electrons. The average molecular weight is 297 g/mol. The number of hydrogen-bond donors (Lipinski definition) is 2. The number of aromatic amines is 1. The number of carbonyl (C=O) groups is 1. The number of H-pyrrole nitrogens is 1. The molecule has 2 heterocycles. The molecule has 0 radical (unpaired) electrons. The molecule has 0 atom stereocenters. The molecule has 5 heteroatoms. The molecule has 2 aromatic heterocycles. The molecule has 0 bridgehead atoms. The maximum atomic E-state index is 12.3. The Morgan fingerprint density at radius 3 is 3.05 bits per heavy atom. The molecule has 0 unspecified atom stereocenters. The average Bonchev–Trinajstić information content (AvgIpc) is 3.11. The predicted octanol–water partition coefficient (Wildman–Crippen LogP) is 3.76. The molecular weight excluding hydrogens is 282 g/mol. The van der Waals surface area contributed by atoms with E-state index in [2.05, 4.69) is 15.3 Å². The first-order chi connectivity index (χ1) is 10.3. The van der Waals surface area contributed by atoms with Crippen molar-refractivity contribution in [3.63, 3.8) is 0 Å². The van der Waals surface area contributed by atoms with Crippen molar-refractivity contribution in [2.24, 2.45) is 0 Å². The fourth-order valence-electron chi connectivity index (χ4n) is 2.77. The molecule has 4 rings (SSSR count). The van der Waals surface area contributed by atoms with Gasteiger partial charge in [-0.2, -0.15) is 0 Å². The monoisotopic (exact) mass is 297 g/mol. The molecule has 0 saturated heterocycles. The van der Waals surface area contributed by atoms with E-state index in [1.165, 1.54) is 23.4 Å². The van der Waals surface area contributed by atoms with Gasteiger partial charge in [0.15, 0.2) is 5.13 Å². The number of fused-ring (bicyclic) bond motifs is 2. The van der Waals surface area contributed by atoms with Gasteiger partial charge in [-0.05, 0) is 49.9 Å². The van der Waals surface area contributed by atoms with E-state index in [-0.39, 0.29) is 5.91 Å². The number of nitrogens with zero attached hydrogens (tertiary/aromatic N) is 1. The first-order valence-corrected chi connectivity index (χ1v) is 7.98. The Morgan fingerprint density at radius 2 is 2.14 bits per heavy atom. The van der Waals surface area contributed by atoms with Gasteiger partial charge in [-0.3, -0.25) is 10.1 Å². The molecule has 0 fully saturated rings. The second-order valence-electron chi connectivity index (χ2n) is 5.33. The van der Waals surface area contributed by atoms with Crippen molar-refractivity contribution in [3.05, 3.63) is 46.6 Å². The van der Waals surface area contributed by atoms with E-state index in [1.54, 1.807) is 11.3 Å². The highest BCUT2D eigenvalue weighted by Gasteiger charge is 2.17. The van der Waals surface area contributed by atoms with Crippen LogP contribution in [0.3, 0.4) is 0 Å². The molecule has 1 aromatic carbocycles. The minimum absolute atomic E-state index is 0.0933. The van der Waals surface area contributed by atoms with E-state index in [0.717, 1.165) is 28.9 Å². The van der Waals surface area contributed by atoms with Crippen LogP contribution in [0, 0.1) is 0 Å². The van der Waals surface area contributed by atoms with Gasteiger partial charge in [0, 0.05) is 27.5 Å². The Hall–Kier alpha value is -2.14. The Bertz CT molecular complexity index is 794. The van der Waals surface area contributed by atoms with E-state index in [9.17, 15) is 4.79 Å². The number of benzene rings is 1. The van der Waals surface area contributed by atoms with E-state index >= 15 is 0 Å². The third kappa shape index (κ3) is 2.34. The minimum atomic E-state index is -0.0933. The highest BCUT2D eigenvalue weighted by molar-refractivity contribution is 7.15. The number of rotatable bonds is 2. The molecule has 1 aliphatic carbocycles. The standard InChI is InChI=1S/C16H15N3OS/c20-15(11-5-6-12-10(9-11)7-8-17-12)19-16-18-13-3-1-2-4-14(13)21-16/h5-9,17H,1-4H2,(H,18,19,20). The lowest BCUT2D eigenvalue weighted by Crippen LogP contribution is -2.11. The lowest BCUT2D eigenvalue weighted by molar-refractivity contribution is 0.102. The quantitative estimate of drug-likeness (QED) is 0.756.